The summed E-state index contributed by atoms with van der Waals surface area (Å²) < 4.78 is 15.7. The summed E-state index contributed by atoms with van der Waals surface area (Å²) in [6, 6.07) is 5.49. The molecule has 7 heteroatoms. The smallest absolute Gasteiger partial charge is 0.339 e. The fraction of sp³-hybridized carbons (Fsp3) is 0.429. The maximum Gasteiger partial charge on any atom is 0.339 e. The van der Waals surface area contributed by atoms with Crippen LogP contribution in [0.1, 0.15) is 56.6 Å². The predicted molar refractivity (Wildman–Crippen MR) is 104 cm³/mol. The van der Waals surface area contributed by atoms with E-state index in [-0.39, 0.29) is 11.9 Å². The highest BCUT2D eigenvalue weighted by molar-refractivity contribution is 6.00. The van der Waals surface area contributed by atoms with E-state index in [4.69, 9.17) is 14.2 Å². The second-order valence-corrected chi connectivity index (χ2v) is 6.88. The highest BCUT2D eigenvalue weighted by Gasteiger charge is 2.35. The molecule has 2 aromatic rings. The molecule has 1 N–H and O–H groups in total. The molecule has 1 aromatic heterocycles. The van der Waals surface area contributed by atoms with Gasteiger partial charge in [0, 0.05) is 17.8 Å². The van der Waals surface area contributed by atoms with Crippen LogP contribution in [-0.2, 0) is 4.74 Å². The third-order valence-electron chi connectivity index (χ3n) is 5.35. The predicted octanol–water partition coefficient (Wildman–Crippen LogP) is 3.41. The van der Waals surface area contributed by atoms with Gasteiger partial charge in [-0.25, -0.2) is 4.79 Å². The van der Waals surface area contributed by atoms with Crippen molar-refractivity contribution in [1.29, 1.82) is 0 Å². The van der Waals surface area contributed by atoms with E-state index in [0.29, 0.717) is 29.1 Å². The third kappa shape index (κ3) is 3.32. The lowest BCUT2D eigenvalue weighted by molar-refractivity contribution is 0.0599. The average Bonchev–Trinajstić information content (AvgIpc) is 3.31. The molecule has 7 nitrogen and oxygen atoms in total. The van der Waals surface area contributed by atoms with Gasteiger partial charge in [-0.1, -0.05) is 0 Å². The zero-order valence-electron chi connectivity index (χ0n) is 16.9. The first-order valence-electron chi connectivity index (χ1n) is 9.23. The summed E-state index contributed by atoms with van der Waals surface area (Å²) in [7, 11) is 4.57. The summed E-state index contributed by atoms with van der Waals surface area (Å²) in [6.45, 7) is 4.16. The molecular formula is C21H26N2O5. The number of carbonyl (C=O) groups excluding carboxylic acids is 2. The molecule has 1 aromatic carbocycles. The van der Waals surface area contributed by atoms with Crippen LogP contribution >= 0.6 is 0 Å². The molecule has 150 valence electrons. The van der Waals surface area contributed by atoms with Crippen molar-refractivity contribution in [2.45, 2.75) is 32.7 Å². The average molecular weight is 386 g/mol. The number of benzene rings is 1. The number of carbonyl (C=O) groups is 2. The Labute approximate surface area is 164 Å². The number of nitrogens with zero attached hydrogens (tertiary/aromatic N) is 1. The second-order valence-electron chi connectivity index (χ2n) is 6.88. The number of aromatic amines is 1. The van der Waals surface area contributed by atoms with Gasteiger partial charge in [-0.05, 0) is 50.5 Å². The van der Waals surface area contributed by atoms with Crippen molar-refractivity contribution < 1.29 is 23.8 Å². The van der Waals surface area contributed by atoms with Gasteiger partial charge in [0.15, 0.2) is 0 Å². The van der Waals surface area contributed by atoms with Crippen molar-refractivity contribution in [1.82, 2.24) is 9.88 Å². The molecule has 0 bridgehead atoms. The number of H-pyrrole nitrogens is 1. The molecule has 0 saturated carbocycles. The van der Waals surface area contributed by atoms with Gasteiger partial charge < -0.3 is 24.1 Å². The molecule has 28 heavy (non-hydrogen) atoms. The van der Waals surface area contributed by atoms with Crippen LogP contribution in [0.5, 0.6) is 11.5 Å². The van der Waals surface area contributed by atoms with Gasteiger partial charge in [-0.3, -0.25) is 4.79 Å². The van der Waals surface area contributed by atoms with E-state index in [1.54, 1.807) is 28.1 Å². The van der Waals surface area contributed by atoms with E-state index in [1.807, 2.05) is 23.1 Å². The maximum atomic E-state index is 13.4. The number of likely N-dealkylation sites (tertiary alicyclic amines) is 1. The summed E-state index contributed by atoms with van der Waals surface area (Å²) in [6.07, 6.45) is 1.72. The Hall–Kier alpha value is -2.96. The van der Waals surface area contributed by atoms with Gasteiger partial charge in [0.05, 0.1) is 32.9 Å². The Morgan fingerprint density at radius 3 is 2.54 bits per heavy atom. The molecular weight excluding hydrogens is 360 g/mol. The molecule has 0 unspecified atom stereocenters. The van der Waals surface area contributed by atoms with Crippen molar-refractivity contribution in [3.05, 3.63) is 46.3 Å². The molecule has 0 spiro atoms. The first-order chi connectivity index (χ1) is 13.4. The first-order valence-corrected chi connectivity index (χ1v) is 9.23. The zero-order chi connectivity index (χ0) is 20.4. The Kier molecular flexibility index (Phi) is 5.63. The van der Waals surface area contributed by atoms with Crippen molar-refractivity contribution in [3.8, 4) is 11.5 Å². The fourth-order valence-electron chi connectivity index (χ4n) is 3.95. The SMILES string of the molecule is COC(=O)c1c(C)[nH]c(C(=O)N2CCC[C@@H]2c2cc(OC)ccc2OC)c1C. The van der Waals surface area contributed by atoms with Crippen LogP contribution < -0.4 is 9.47 Å². The molecule has 2 heterocycles. The molecule has 1 saturated heterocycles. The van der Waals surface area contributed by atoms with E-state index < -0.39 is 5.97 Å². The van der Waals surface area contributed by atoms with Crippen molar-refractivity contribution in [2.24, 2.45) is 0 Å². The van der Waals surface area contributed by atoms with E-state index in [1.165, 1.54) is 7.11 Å². The van der Waals surface area contributed by atoms with Crippen molar-refractivity contribution >= 4 is 11.9 Å². The van der Waals surface area contributed by atoms with E-state index in [0.717, 1.165) is 29.9 Å². The Bertz CT molecular complexity index is 902. The molecule has 1 fully saturated rings. The first kappa shape index (κ1) is 19.8. The Morgan fingerprint density at radius 1 is 1.14 bits per heavy atom. The van der Waals surface area contributed by atoms with E-state index >= 15 is 0 Å². The molecule has 1 atom stereocenters. The number of aromatic nitrogens is 1. The van der Waals surface area contributed by atoms with Crippen LogP contribution in [-0.4, -0.2) is 49.6 Å². The third-order valence-corrected chi connectivity index (χ3v) is 5.35. The van der Waals surface area contributed by atoms with Crippen molar-refractivity contribution in [3.63, 3.8) is 0 Å². The molecule has 0 aliphatic carbocycles. The van der Waals surface area contributed by atoms with Gasteiger partial charge in [0.2, 0.25) is 0 Å². The maximum absolute atomic E-state index is 13.4. The van der Waals surface area contributed by atoms with E-state index in [2.05, 4.69) is 4.98 Å². The quantitative estimate of drug-likeness (QED) is 0.797. The van der Waals surface area contributed by atoms with Crippen LogP contribution in [0.25, 0.3) is 0 Å². The molecule has 1 aliphatic heterocycles. The number of ether oxygens (including phenoxy) is 3. The Balaban J connectivity index is 1.98. The standard InChI is InChI=1S/C21H26N2O5/c1-12-18(21(25)28-5)13(2)22-19(12)20(24)23-10-6-7-16(23)15-11-14(26-3)8-9-17(15)27-4/h8-9,11,16,22H,6-7,10H2,1-5H3/t16-/m1/s1. The van der Waals surface area contributed by atoms with Crippen LogP contribution in [0.2, 0.25) is 0 Å². The second kappa shape index (κ2) is 7.96. The summed E-state index contributed by atoms with van der Waals surface area (Å²) in [5.41, 5.74) is 2.99. The number of hydrogen-bond acceptors (Lipinski definition) is 5. The summed E-state index contributed by atoms with van der Waals surface area (Å²) in [4.78, 5) is 30.3. The lowest BCUT2D eigenvalue weighted by atomic mass is 10.0. The van der Waals surface area contributed by atoms with Gasteiger partial charge in [0.1, 0.15) is 17.2 Å². The lowest BCUT2D eigenvalue weighted by Gasteiger charge is -2.26. The van der Waals surface area contributed by atoms with Crippen LogP contribution in [0, 0.1) is 13.8 Å². The monoisotopic (exact) mass is 386 g/mol. The van der Waals surface area contributed by atoms with Crippen LogP contribution in [0.3, 0.4) is 0 Å². The lowest BCUT2D eigenvalue weighted by Crippen LogP contribution is -2.31. The van der Waals surface area contributed by atoms with Gasteiger partial charge >= 0.3 is 5.97 Å². The summed E-state index contributed by atoms with van der Waals surface area (Å²) >= 11 is 0. The van der Waals surface area contributed by atoms with E-state index in [9.17, 15) is 9.59 Å². The number of esters is 1. The minimum Gasteiger partial charge on any atom is -0.497 e. The van der Waals surface area contributed by atoms with Crippen LogP contribution in [0.15, 0.2) is 18.2 Å². The number of methoxy groups -OCH3 is 3. The largest absolute Gasteiger partial charge is 0.497 e. The number of hydrogen-bond donors (Lipinski definition) is 1. The number of rotatable bonds is 5. The zero-order valence-corrected chi connectivity index (χ0v) is 16.9. The molecule has 1 aliphatic rings. The van der Waals surface area contributed by atoms with Gasteiger partial charge in [-0.2, -0.15) is 0 Å². The number of nitrogens with one attached hydrogen (secondary N) is 1. The fourth-order valence-corrected chi connectivity index (χ4v) is 3.95. The summed E-state index contributed by atoms with van der Waals surface area (Å²) in [5.74, 6) is 0.857. The number of aryl methyl sites for hydroxylation is 1. The summed E-state index contributed by atoms with van der Waals surface area (Å²) in [5, 5.41) is 0. The molecule has 0 radical (unpaired) electrons. The van der Waals surface area contributed by atoms with Gasteiger partial charge in [-0.15, -0.1) is 0 Å². The highest BCUT2D eigenvalue weighted by atomic mass is 16.5. The minimum atomic E-state index is -0.447. The minimum absolute atomic E-state index is 0.123. The highest BCUT2D eigenvalue weighted by Crippen LogP contribution is 2.40. The normalized spacial score (nSPS) is 16.2. The van der Waals surface area contributed by atoms with Gasteiger partial charge in [0.25, 0.3) is 5.91 Å². The van der Waals surface area contributed by atoms with Crippen LogP contribution in [0.4, 0.5) is 0 Å². The number of amides is 1. The van der Waals surface area contributed by atoms with Crippen molar-refractivity contribution in [2.75, 3.05) is 27.9 Å². The topological polar surface area (TPSA) is 80.9 Å². The molecule has 1 amide bonds. The molecule has 3 rings (SSSR count). The Morgan fingerprint density at radius 2 is 1.89 bits per heavy atom.